The zero-order valence-electron chi connectivity index (χ0n) is 9.45. The molecule has 1 aromatic rings. The van der Waals surface area contributed by atoms with Crippen LogP contribution < -0.4 is 0 Å². The molecule has 0 unspecified atom stereocenters. The second kappa shape index (κ2) is 9.02. The van der Waals surface area contributed by atoms with Gasteiger partial charge >= 0.3 is 0 Å². The van der Waals surface area contributed by atoms with Crippen LogP contribution in [0.5, 0.6) is 0 Å². The van der Waals surface area contributed by atoms with E-state index >= 15 is 0 Å². The topological polar surface area (TPSA) is 23.8 Å². The Balaban J connectivity index is 0.000000921. The summed E-state index contributed by atoms with van der Waals surface area (Å²) in [6.07, 6.45) is 7.04. The van der Waals surface area contributed by atoms with Crippen molar-refractivity contribution in [3.05, 3.63) is 42.0 Å². The third-order valence-electron chi connectivity index (χ3n) is 2.32. The Hall–Kier alpha value is -1.55. The molecule has 1 aromatic carbocycles. The van der Waals surface area contributed by atoms with E-state index in [2.05, 4.69) is 44.3 Å². The van der Waals surface area contributed by atoms with Gasteiger partial charge in [-0.3, -0.25) is 0 Å². The van der Waals surface area contributed by atoms with Gasteiger partial charge in [-0.1, -0.05) is 56.7 Å². The lowest BCUT2D eigenvalue weighted by Crippen LogP contribution is -1.88. The van der Waals surface area contributed by atoms with Crippen LogP contribution in [0.25, 0.3) is 6.08 Å². The molecule has 0 aliphatic rings. The van der Waals surface area contributed by atoms with E-state index in [1.54, 1.807) is 0 Å². The van der Waals surface area contributed by atoms with E-state index in [-0.39, 0.29) is 0 Å². The maximum atomic E-state index is 6.50. The average molecular weight is 201 g/mol. The number of hydrogen-bond acceptors (Lipinski definition) is 1. The fraction of sp³-hybridized carbons (Fsp3) is 0.357. The first-order chi connectivity index (χ1) is 7.38. The number of rotatable bonds is 5. The van der Waals surface area contributed by atoms with Crippen molar-refractivity contribution in [3.63, 3.8) is 0 Å². The van der Waals surface area contributed by atoms with Crippen LogP contribution in [0.4, 0.5) is 0 Å². The lowest BCUT2D eigenvalue weighted by molar-refractivity contribution is 0.717. The Bertz CT molecular complexity index is 299. The molecule has 0 aromatic heterocycles. The van der Waals surface area contributed by atoms with Gasteiger partial charge in [0, 0.05) is 6.57 Å². The molecule has 0 heterocycles. The summed E-state index contributed by atoms with van der Waals surface area (Å²) in [6.45, 7) is 9.56. The standard InChI is InChI=1S/C13H18.CHN/c1-3-5-6-10-13-11-8-7-9-12(13)4-2;1-2/h4,7-9,11H,2-3,5-6,10H2,1H3;1H. The number of nitrogens with zero attached hydrogens (tertiary/aromatic N) is 1. The molecule has 0 fully saturated rings. The molecule has 0 spiro atoms. The highest BCUT2D eigenvalue weighted by Crippen LogP contribution is 2.13. The summed E-state index contributed by atoms with van der Waals surface area (Å²) < 4.78 is 0. The van der Waals surface area contributed by atoms with Crippen molar-refractivity contribution < 1.29 is 0 Å². The lowest BCUT2D eigenvalue weighted by Gasteiger charge is -2.04. The molecular formula is C14H19N. The summed E-state index contributed by atoms with van der Waals surface area (Å²) in [4.78, 5) is 0. The van der Waals surface area contributed by atoms with Crippen molar-refractivity contribution in [1.29, 1.82) is 5.26 Å². The van der Waals surface area contributed by atoms with Crippen molar-refractivity contribution in [3.8, 4) is 6.57 Å². The van der Waals surface area contributed by atoms with Gasteiger partial charge in [0.15, 0.2) is 0 Å². The molecule has 0 bridgehead atoms. The zero-order chi connectivity index (χ0) is 11.5. The Morgan fingerprint density at radius 3 is 2.53 bits per heavy atom. The van der Waals surface area contributed by atoms with E-state index < -0.39 is 0 Å². The molecule has 1 rings (SSSR count). The molecule has 1 nitrogen and oxygen atoms in total. The Morgan fingerprint density at radius 1 is 1.27 bits per heavy atom. The molecule has 0 N–H and O–H groups in total. The minimum Gasteiger partial charge on any atom is -0.202 e. The van der Waals surface area contributed by atoms with Crippen LogP contribution in [0.15, 0.2) is 30.8 Å². The molecule has 0 radical (unpaired) electrons. The first kappa shape index (κ1) is 13.4. The van der Waals surface area contributed by atoms with Gasteiger partial charge in [-0.15, -0.1) is 0 Å². The highest BCUT2D eigenvalue weighted by Gasteiger charge is 1.96. The van der Waals surface area contributed by atoms with E-state index in [1.165, 1.54) is 36.8 Å². The maximum Gasteiger partial charge on any atom is 0.0462 e. The van der Waals surface area contributed by atoms with Crippen molar-refractivity contribution in [2.45, 2.75) is 32.6 Å². The predicted octanol–water partition coefficient (Wildman–Crippen LogP) is 4.20. The zero-order valence-corrected chi connectivity index (χ0v) is 9.45. The average Bonchev–Trinajstić information content (AvgIpc) is 2.33. The molecular weight excluding hydrogens is 182 g/mol. The highest BCUT2D eigenvalue weighted by atomic mass is 14.2. The quantitative estimate of drug-likeness (QED) is 0.655. The second-order valence-electron chi connectivity index (χ2n) is 3.36. The molecule has 0 amide bonds. The van der Waals surface area contributed by atoms with Crippen LogP contribution in [-0.2, 0) is 6.42 Å². The highest BCUT2D eigenvalue weighted by molar-refractivity contribution is 5.51. The first-order valence-corrected chi connectivity index (χ1v) is 5.34. The van der Waals surface area contributed by atoms with Gasteiger partial charge in [0.25, 0.3) is 0 Å². The van der Waals surface area contributed by atoms with Gasteiger partial charge in [-0.25, -0.2) is 5.26 Å². The van der Waals surface area contributed by atoms with Gasteiger partial charge in [-0.05, 0) is 24.0 Å². The van der Waals surface area contributed by atoms with Crippen molar-refractivity contribution in [2.24, 2.45) is 0 Å². The normalized spacial score (nSPS) is 8.73. The summed E-state index contributed by atoms with van der Waals surface area (Å²) in [5.41, 5.74) is 2.73. The van der Waals surface area contributed by atoms with Crippen LogP contribution in [0.1, 0.15) is 37.3 Å². The summed E-state index contributed by atoms with van der Waals surface area (Å²) in [5, 5.41) is 6.50. The van der Waals surface area contributed by atoms with Crippen molar-refractivity contribution in [1.82, 2.24) is 0 Å². The van der Waals surface area contributed by atoms with Gasteiger partial charge in [0.2, 0.25) is 0 Å². The number of nitriles is 1. The van der Waals surface area contributed by atoms with E-state index in [1.807, 2.05) is 6.08 Å². The Labute approximate surface area is 93.1 Å². The fourth-order valence-electron chi connectivity index (χ4n) is 1.53. The summed E-state index contributed by atoms with van der Waals surface area (Å²) in [6, 6.07) is 8.51. The van der Waals surface area contributed by atoms with Crippen LogP contribution in [0.2, 0.25) is 0 Å². The molecule has 15 heavy (non-hydrogen) atoms. The van der Waals surface area contributed by atoms with Gasteiger partial charge in [-0.2, -0.15) is 0 Å². The number of hydrogen-bond donors (Lipinski definition) is 0. The molecule has 1 heteroatoms. The number of benzene rings is 1. The van der Waals surface area contributed by atoms with E-state index in [9.17, 15) is 0 Å². The smallest absolute Gasteiger partial charge is 0.0462 e. The van der Waals surface area contributed by atoms with Crippen LogP contribution >= 0.6 is 0 Å². The number of aryl methyl sites for hydroxylation is 1. The van der Waals surface area contributed by atoms with Gasteiger partial charge in [0.1, 0.15) is 0 Å². The van der Waals surface area contributed by atoms with Gasteiger partial charge < -0.3 is 0 Å². The van der Waals surface area contributed by atoms with E-state index in [0.29, 0.717) is 0 Å². The van der Waals surface area contributed by atoms with Gasteiger partial charge in [0.05, 0.1) is 0 Å². The largest absolute Gasteiger partial charge is 0.202 e. The maximum absolute atomic E-state index is 6.50. The molecule has 80 valence electrons. The predicted molar refractivity (Wildman–Crippen MR) is 66.4 cm³/mol. The van der Waals surface area contributed by atoms with Crippen LogP contribution in [0, 0.1) is 11.8 Å². The first-order valence-electron chi connectivity index (χ1n) is 5.34. The fourth-order valence-corrected chi connectivity index (χ4v) is 1.53. The second-order valence-corrected chi connectivity index (χ2v) is 3.36. The molecule has 0 aliphatic carbocycles. The summed E-state index contributed by atoms with van der Waals surface area (Å²) >= 11 is 0. The third kappa shape index (κ3) is 5.02. The Kier molecular flexibility index (Phi) is 8.09. The molecule has 0 saturated heterocycles. The summed E-state index contributed by atoms with van der Waals surface area (Å²) in [5.74, 6) is 0. The van der Waals surface area contributed by atoms with E-state index in [4.69, 9.17) is 5.26 Å². The van der Waals surface area contributed by atoms with Crippen molar-refractivity contribution >= 4 is 6.08 Å². The Morgan fingerprint density at radius 2 is 1.93 bits per heavy atom. The minimum absolute atomic E-state index is 1.19. The summed E-state index contributed by atoms with van der Waals surface area (Å²) in [7, 11) is 0. The SMILES string of the molecule is C#N.C=Cc1ccccc1CCCCC. The molecule has 0 atom stereocenters. The van der Waals surface area contributed by atoms with Crippen LogP contribution in [-0.4, -0.2) is 0 Å². The third-order valence-corrected chi connectivity index (χ3v) is 2.32. The molecule has 0 saturated carbocycles. The number of unbranched alkanes of at least 4 members (excludes halogenated alkanes) is 2. The van der Waals surface area contributed by atoms with Crippen molar-refractivity contribution in [2.75, 3.05) is 0 Å². The molecule has 0 aliphatic heterocycles. The van der Waals surface area contributed by atoms with E-state index in [0.717, 1.165) is 0 Å². The van der Waals surface area contributed by atoms with Crippen LogP contribution in [0.3, 0.4) is 0 Å². The minimum atomic E-state index is 1.19. The lowest BCUT2D eigenvalue weighted by atomic mass is 10.0. The monoisotopic (exact) mass is 201 g/mol.